The summed E-state index contributed by atoms with van der Waals surface area (Å²) in [6, 6.07) is 0. The Hall–Kier alpha value is -1.61. The first-order valence-corrected chi connectivity index (χ1v) is 9.31. The zero-order valence-corrected chi connectivity index (χ0v) is 14.8. The second-order valence-corrected chi connectivity index (χ2v) is 7.28. The molecule has 0 radical (unpaired) electrons. The highest BCUT2D eigenvalue weighted by atomic mass is 32.2. The molecular formula is C15H23N5O3S. The quantitative estimate of drug-likeness (QED) is 0.727. The lowest BCUT2D eigenvalue weighted by Gasteiger charge is -2.12. The SMILES string of the molecule is CCCCc1noc(C(C)Sc2n[nH]c(=O)n2CC2CCCO2)n1. The van der Waals surface area contributed by atoms with E-state index in [-0.39, 0.29) is 17.0 Å². The van der Waals surface area contributed by atoms with Crippen LogP contribution >= 0.6 is 11.8 Å². The van der Waals surface area contributed by atoms with Gasteiger partial charge in [-0.3, -0.25) is 4.57 Å². The molecule has 0 saturated carbocycles. The van der Waals surface area contributed by atoms with Crippen molar-refractivity contribution in [2.75, 3.05) is 6.61 Å². The molecule has 2 aromatic heterocycles. The summed E-state index contributed by atoms with van der Waals surface area (Å²) in [6.07, 6.45) is 5.06. The Labute approximate surface area is 144 Å². The zero-order valence-electron chi connectivity index (χ0n) is 14.0. The van der Waals surface area contributed by atoms with Gasteiger partial charge in [0, 0.05) is 13.0 Å². The molecule has 9 heteroatoms. The van der Waals surface area contributed by atoms with Crippen molar-refractivity contribution < 1.29 is 9.26 Å². The van der Waals surface area contributed by atoms with E-state index >= 15 is 0 Å². The van der Waals surface area contributed by atoms with Gasteiger partial charge in [0.2, 0.25) is 5.89 Å². The van der Waals surface area contributed by atoms with Gasteiger partial charge in [-0.1, -0.05) is 30.3 Å². The second-order valence-electron chi connectivity index (χ2n) is 5.97. The molecule has 2 aromatic rings. The fraction of sp³-hybridized carbons (Fsp3) is 0.733. The lowest BCUT2D eigenvalue weighted by Crippen LogP contribution is -2.25. The molecule has 3 heterocycles. The number of hydrogen-bond acceptors (Lipinski definition) is 7. The summed E-state index contributed by atoms with van der Waals surface area (Å²) >= 11 is 1.43. The van der Waals surface area contributed by atoms with Crippen LogP contribution in [0.15, 0.2) is 14.5 Å². The number of rotatable bonds is 8. The standard InChI is InChI=1S/C15H23N5O3S/c1-3-4-7-12-16-13(23-19-12)10(2)24-15-18-17-14(21)20(15)9-11-6-5-8-22-11/h10-11H,3-9H2,1-2H3,(H,17,21). The van der Waals surface area contributed by atoms with Gasteiger partial charge >= 0.3 is 5.69 Å². The van der Waals surface area contributed by atoms with Crippen LogP contribution in [0, 0.1) is 0 Å². The number of aromatic amines is 1. The molecule has 0 bridgehead atoms. The van der Waals surface area contributed by atoms with Gasteiger partial charge in [0.15, 0.2) is 11.0 Å². The average Bonchev–Trinajstić information content (AvgIpc) is 3.30. The highest BCUT2D eigenvalue weighted by Crippen LogP contribution is 2.32. The zero-order chi connectivity index (χ0) is 16.9. The maximum atomic E-state index is 12.0. The minimum absolute atomic E-state index is 0.0775. The molecule has 3 rings (SSSR count). The van der Waals surface area contributed by atoms with Gasteiger partial charge in [-0.25, -0.2) is 9.89 Å². The topological polar surface area (TPSA) is 98.8 Å². The van der Waals surface area contributed by atoms with E-state index in [0.717, 1.165) is 44.5 Å². The van der Waals surface area contributed by atoms with E-state index in [1.54, 1.807) is 4.57 Å². The van der Waals surface area contributed by atoms with Gasteiger partial charge in [0.25, 0.3) is 0 Å². The largest absolute Gasteiger partial charge is 0.376 e. The van der Waals surface area contributed by atoms with Crippen molar-refractivity contribution in [3.05, 3.63) is 22.2 Å². The van der Waals surface area contributed by atoms with E-state index in [1.165, 1.54) is 11.8 Å². The monoisotopic (exact) mass is 353 g/mol. The Morgan fingerprint density at radius 3 is 3.12 bits per heavy atom. The van der Waals surface area contributed by atoms with E-state index in [4.69, 9.17) is 9.26 Å². The molecule has 1 N–H and O–H groups in total. The average molecular weight is 353 g/mol. The lowest BCUT2D eigenvalue weighted by atomic mass is 10.2. The van der Waals surface area contributed by atoms with Crippen LogP contribution in [0.2, 0.25) is 0 Å². The maximum absolute atomic E-state index is 12.0. The fourth-order valence-electron chi connectivity index (χ4n) is 2.62. The minimum Gasteiger partial charge on any atom is -0.376 e. The van der Waals surface area contributed by atoms with Crippen LogP contribution in [0.4, 0.5) is 0 Å². The molecule has 132 valence electrons. The van der Waals surface area contributed by atoms with E-state index in [2.05, 4.69) is 27.3 Å². The number of hydrogen-bond donors (Lipinski definition) is 1. The first-order chi connectivity index (χ1) is 11.7. The fourth-order valence-corrected chi connectivity index (χ4v) is 3.52. The van der Waals surface area contributed by atoms with Gasteiger partial charge in [-0.2, -0.15) is 4.98 Å². The Morgan fingerprint density at radius 1 is 1.50 bits per heavy atom. The van der Waals surface area contributed by atoms with Crippen molar-refractivity contribution in [3.8, 4) is 0 Å². The summed E-state index contributed by atoms with van der Waals surface area (Å²) in [7, 11) is 0. The molecule has 1 saturated heterocycles. The summed E-state index contributed by atoms with van der Waals surface area (Å²) in [5.74, 6) is 1.29. The number of aryl methyl sites for hydroxylation is 1. The number of unbranched alkanes of at least 4 members (excludes halogenated alkanes) is 1. The predicted octanol–water partition coefficient (Wildman–Crippen LogP) is 2.33. The highest BCUT2D eigenvalue weighted by Gasteiger charge is 2.23. The van der Waals surface area contributed by atoms with Gasteiger partial charge in [-0.05, 0) is 26.2 Å². The molecular weight excluding hydrogens is 330 g/mol. The van der Waals surface area contributed by atoms with Crippen molar-refractivity contribution in [2.24, 2.45) is 0 Å². The van der Waals surface area contributed by atoms with Crippen LogP contribution in [0.25, 0.3) is 0 Å². The number of aromatic nitrogens is 5. The van der Waals surface area contributed by atoms with Crippen LogP contribution in [0.5, 0.6) is 0 Å². The third-order valence-electron chi connectivity index (χ3n) is 4.00. The van der Waals surface area contributed by atoms with Crippen LogP contribution in [-0.2, 0) is 17.7 Å². The molecule has 2 unspecified atom stereocenters. The van der Waals surface area contributed by atoms with Crippen LogP contribution < -0.4 is 5.69 Å². The molecule has 1 aliphatic rings. The van der Waals surface area contributed by atoms with Gasteiger partial charge in [-0.15, -0.1) is 5.10 Å². The number of nitrogens with zero attached hydrogens (tertiary/aromatic N) is 4. The first-order valence-electron chi connectivity index (χ1n) is 8.43. The Balaban J connectivity index is 1.66. The Morgan fingerprint density at radius 2 is 2.38 bits per heavy atom. The van der Waals surface area contributed by atoms with Crippen LogP contribution in [0.3, 0.4) is 0 Å². The van der Waals surface area contributed by atoms with Crippen molar-refractivity contribution in [3.63, 3.8) is 0 Å². The van der Waals surface area contributed by atoms with Crippen LogP contribution in [-0.4, -0.2) is 37.6 Å². The number of thioether (sulfide) groups is 1. The Kier molecular flexibility index (Phi) is 5.72. The molecule has 0 amide bonds. The summed E-state index contributed by atoms with van der Waals surface area (Å²) in [6.45, 7) is 5.39. The predicted molar refractivity (Wildman–Crippen MR) is 89.0 cm³/mol. The summed E-state index contributed by atoms with van der Waals surface area (Å²) in [5.41, 5.74) is -0.214. The van der Waals surface area contributed by atoms with Gasteiger partial charge < -0.3 is 9.26 Å². The van der Waals surface area contributed by atoms with E-state index in [0.29, 0.717) is 17.6 Å². The molecule has 24 heavy (non-hydrogen) atoms. The third kappa shape index (κ3) is 4.07. The van der Waals surface area contributed by atoms with E-state index in [9.17, 15) is 4.79 Å². The van der Waals surface area contributed by atoms with Crippen LogP contribution in [0.1, 0.15) is 56.5 Å². The molecule has 0 aliphatic carbocycles. The summed E-state index contributed by atoms with van der Waals surface area (Å²) in [5, 5.41) is 11.2. The molecule has 0 spiro atoms. The van der Waals surface area contributed by atoms with Crippen molar-refractivity contribution >= 4 is 11.8 Å². The maximum Gasteiger partial charge on any atom is 0.344 e. The molecule has 1 fully saturated rings. The normalized spacial score (nSPS) is 19.0. The van der Waals surface area contributed by atoms with Crippen molar-refractivity contribution in [1.29, 1.82) is 0 Å². The lowest BCUT2D eigenvalue weighted by molar-refractivity contribution is 0.0941. The van der Waals surface area contributed by atoms with E-state index < -0.39 is 0 Å². The number of nitrogens with one attached hydrogen (secondary N) is 1. The third-order valence-corrected chi connectivity index (χ3v) is 5.08. The smallest absolute Gasteiger partial charge is 0.344 e. The van der Waals surface area contributed by atoms with Gasteiger partial charge in [0.05, 0.1) is 17.9 Å². The minimum atomic E-state index is -0.214. The Bertz CT molecular complexity index is 704. The number of H-pyrrole nitrogens is 1. The second kappa shape index (κ2) is 7.98. The van der Waals surface area contributed by atoms with Crippen molar-refractivity contribution in [2.45, 2.75) is 69.0 Å². The molecule has 1 aliphatic heterocycles. The summed E-state index contributed by atoms with van der Waals surface area (Å²) in [4.78, 5) is 16.4. The number of ether oxygens (including phenoxy) is 1. The summed E-state index contributed by atoms with van der Waals surface area (Å²) < 4.78 is 12.6. The highest BCUT2D eigenvalue weighted by molar-refractivity contribution is 7.99. The first kappa shape index (κ1) is 17.2. The molecule has 2 atom stereocenters. The van der Waals surface area contributed by atoms with Gasteiger partial charge in [0.1, 0.15) is 0 Å². The molecule has 0 aromatic carbocycles. The molecule has 8 nitrogen and oxygen atoms in total. The van der Waals surface area contributed by atoms with E-state index in [1.807, 2.05) is 6.92 Å². The van der Waals surface area contributed by atoms with Crippen molar-refractivity contribution in [1.82, 2.24) is 24.9 Å².